The first-order chi connectivity index (χ1) is 8.90. The van der Waals surface area contributed by atoms with Crippen molar-refractivity contribution in [3.63, 3.8) is 0 Å². The molecule has 1 saturated heterocycles. The monoisotopic (exact) mass is 329 g/mol. The Balaban J connectivity index is 2.27. The van der Waals surface area contributed by atoms with Crippen molar-refractivity contribution < 1.29 is 24.9 Å². The SMILES string of the molecule is O=C(O)[C@H]1C[C@@H](O)CN1C(=O)c1ccc(Br)c(O)c1. The number of likely N-dealkylation sites (tertiary alicyclic amines) is 1. The molecule has 19 heavy (non-hydrogen) atoms. The average molecular weight is 330 g/mol. The molecule has 3 N–H and O–H groups in total. The lowest BCUT2D eigenvalue weighted by Crippen LogP contribution is -2.40. The van der Waals surface area contributed by atoms with Gasteiger partial charge in [-0.25, -0.2) is 4.79 Å². The van der Waals surface area contributed by atoms with E-state index in [9.17, 15) is 19.8 Å². The first-order valence-corrected chi connectivity index (χ1v) is 6.40. The number of hydrogen-bond acceptors (Lipinski definition) is 4. The van der Waals surface area contributed by atoms with E-state index in [4.69, 9.17) is 5.11 Å². The number of amides is 1. The van der Waals surface area contributed by atoms with E-state index in [1.165, 1.54) is 18.2 Å². The fraction of sp³-hybridized carbons (Fsp3) is 0.333. The van der Waals surface area contributed by atoms with Gasteiger partial charge in [0.05, 0.1) is 10.6 Å². The van der Waals surface area contributed by atoms with E-state index in [0.717, 1.165) is 4.90 Å². The van der Waals surface area contributed by atoms with Gasteiger partial charge in [-0.3, -0.25) is 4.79 Å². The first kappa shape index (κ1) is 13.8. The number of carboxylic acid groups (broad SMARTS) is 1. The molecule has 1 fully saturated rings. The molecule has 0 aromatic heterocycles. The van der Waals surface area contributed by atoms with E-state index in [-0.39, 0.29) is 24.3 Å². The zero-order chi connectivity index (χ0) is 14.2. The van der Waals surface area contributed by atoms with Gasteiger partial charge in [-0.05, 0) is 34.1 Å². The molecule has 1 aliphatic rings. The Bertz CT molecular complexity index is 533. The molecule has 0 spiro atoms. The number of hydrogen-bond donors (Lipinski definition) is 3. The molecule has 0 aliphatic carbocycles. The number of aliphatic carboxylic acids is 1. The van der Waals surface area contributed by atoms with Gasteiger partial charge in [-0.1, -0.05) is 0 Å². The van der Waals surface area contributed by atoms with Gasteiger partial charge < -0.3 is 20.2 Å². The molecule has 2 atom stereocenters. The third kappa shape index (κ3) is 2.71. The summed E-state index contributed by atoms with van der Waals surface area (Å²) in [5.74, 6) is -1.77. The Labute approximate surface area is 117 Å². The Morgan fingerprint density at radius 2 is 2.05 bits per heavy atom. The van der Waals surface area contributed by atoms with E-state index in [1.54, 1.807) is 0 Å². The maximum atomic E-state index is 12.2. The van der Waals surface area contributed by atoms with Crippen LogP contribution in [0.1, 0.15) is 16.8 Å². The maximum Gasteiger partial charge on any atom is 0.326 e. The van der Waals surface area contributed by atoms with E-state index >= 15 is 0 Å². The second-order valence-electron chi connectivity index (χ2n) is 4.37. The minimum atomic E-state index is -1.15. The quantitative estimate of drug-likeness (QED) is 0.746. The normalized spacial score (nSPS) is 22.5. The Kier molecular flexibility index (Phi) is 3.77. The number of carboxylic acids is 1. The molecule has 1 amide bonds. The van der Waals surface area contributed by atoms with Crippen LogP contribution in [0.3, 0.4) is 0 Å². The van der Waals surface area contributed by atoms with Crippen molar-refractivity contribution >= 4 is 27.8 Å². The summed E-state index contributed by atoms with van der Waals surface area (Å²) in [6, 6.07) is 3.21. The lowest BCUT2D eigenvalue weighted by molar-refractivity contribution is -0.141. The van der Waals surface area contributed by atoms with Gasteiger partial charge in [-0.2, -0.15) is 0 Å². The van der Waals surface area contributed by atoms with Crippen LogP contribution in [0.4, 0.5) is 0 Å². The zero-order valence-corrected chi connectivity index (χ0v) is 11.4. The van der Waals surface area contributed by atoms with Crippen LogP contribution in [-0.2, 0) is 4.79 Å². The fourth-order valence-corrected chi connectivity index (χ4v) is 2.33. The average Bonchev–Trinajstić information content (AvgIpc) is 2.74. The highest BCUT2D eigenvalue weighted by Crippen LogP contribution is 2.27. The number of carbonyl (C=O) groups is 2. The summed E-state index contributed by atoms with van der Waals surface area (Å²) < 4.78 is 0.445. The molecule has 0 bridgehead atoms. The molecule has 2 rings (SSSR count). The molecular formula is C12H12BrNO5. The van der Waals surface area contributed by atoms with Crippen LogP contribution in [0.25, 0.3) is 0 Å². The number of aromatic hydroxyl groups is 1. The largest absolute Gasteiger partial charge is 0.507 e. The number of aliphatic hydroxyl groups is 1. The smallest absolute Gasteiger partial charge is 0.326 e. The van der Waals surface area contributed by atoms with Gasteiger partial charge in [0.2, 0.25) is 0 Å². The lowest BCUT2D eigenvalue weighted by Gasteiger charge is -2.21. The molecule has 6 nitrogen and oxygen atoms in total. The number of nitrogens with zero attached hydrogens (tertiary/aromatic N) is 1. The third-order valence-electron chi connectivity index (χ3n) is 3.02. The first-order valence-electron chi connectivity index (χ1n) is 5.60. The molecule has 0 radical (unpaired) electrons. The Morgan fingerprint density at radius 3 is 2.63 bits per heavy atom. The van der Waals surface area contributed by atoms with Crippen molar-refractivity contribution in [2.24, 2.45) is 0 Å². The van der Waals surface area contributed by atoms with Crippen LogP contribution < -0.4 is 0 Å². The highest BCUT2D eigenvalue weighted by Gasteiger charge is 2.39. The molecule has 7 heteroatoms. The summed E-state index contributed by atoms with van der Waals surface area (Å²) in [6.45, 7) is -0.0212. The number of halogens is 1. The maximum absolute atomic E-state index is 12.2. The van der Waals surface area contributed by atoms with Gasteiger partial charge in [0.1, 0.15) is 11.8 Å². The number of aliphatic hydroxyl groups excluding tert-OH is 1. The molecule has 1 aromatic rings. The Hall–Kier alpha value is -1.60. The predicted molar refractivity (Wildman–Crippen MR) is 68.9 cm³/mol. The highest BCUT2D eigenvalue weighted by molar-refractivity contribution is 9.10. The van der Waals surface area contributed by atoms with Gasteiger partial charge in [0.25, 0.3) is 5.91 Å². The van der Waals surface area contributed by atoms with Crippen LogP contribution in [-0.4, -0.2) is 50.8 Å². The minimum Gasteiger partial charge on any atom is -0.507 e. The number of phenolic OH excluding ortho intramolecular Hbond substituents is 1. The fourth-order valence-electron chi connectivity index (χ4n) is 2.08. The Morgan fingerprint density at radius 1 is 1.37 bits per heavy atom. The third-order valence-corrected chi connectivity index (χ3v) is 3.69. The van der Waals surface area contributed by atoms with E-state index in [2.05, 4.69) is 15.9 Å². The van der Waals surface area contributed by atoms with E-state index in [1.807, 2.05) is 0 Å². The molecule has 0 saturated carbocycles. The second-order valence-corrected chi connectivity index (χ2v) is 5.22. The number of carbonyl (C=O) groups excluding carboxylic acids is 1. The van der Waals surface area contributed by atoms with E-state index in [0.29, 0.717) is 4.47 Å². The van der Waals surface area contributed by atoms with E-state index < -0.39 is 24.0 Å². The van der Waals surface area contributed by atoms with Crippen LogP contribution in [0.2, 0.25) is 0 Å². The molecule has 1 heterocycles. The molecule has 102 valence electrons. The van der Waals surface area contributed by atoms with Crippen molar-refractivity contribution in [3.8, 4) is 5.75 Å². The minimum absolute atomic E-state index is 0.0174. The standard InChI is InChI=1S/C12H12BrNO5/c13-8-2-1-6(3-10(8)16)11(17)14-5-7(15)4-9(14)12(18)19/h1-3,7,9,15-16H,4-5H2,(H,18,19)/t7-,9-/m1/s1. The summed E-state index contributed by atoms with van der Waals surface area (Å²) in [4.78, 5) is 24.4. The number of rotatable bonds is 2. The topological polar surface area (TPSA) is 98.1 Å². The number of β-amino-alcohol motifs (C(OH)–C–C–N with tert-alkyl or cyclic N) is 1. The van der Waals surface area contributed by atoms with Crippen LogP contribution in [0.5, 0.6) is 5.75 Å². The number of benzene rings is 1. The summed E-state index contributed by atoms with van der Waals surface area (Å²) in [7, 11) is 0. The summed E-state index contributed by atoms with van der Waals surface area (Å²) >= 11 is 3.10. The van der Waals surface area contributed by atoms with Crippen LogP contribution in [0.15, 0.2) is 22.7 Å². The van der Waals surface area contributed by atoms with Gasteiger partial charge >= 0.3 is 5.97 Å². The van der Waals surface area contributed by atoms with Crippen molar-refractivity contribution in [1.29, 1.82) is 0 Å². The van der Waals surface area contributed by atoms with Gasteiger partial charge in [0.15, 0.2) is 0 Å². The summed E-state index contributed by atoms with van der Waals surface area (Å²) in [5, 5.41) is 28.1. The van der Waals surface area contributed by atoms with Crippen molar-refractivity contribution in [1.82, 2.24) is 4.90 Å². The zero-order valence-electron chi connectivity index (χ0n) is 9.78. The molecular weight excluding hydrogens is 318 g/mol. The van der Waals surface area contributed by atoms with Crippen molar-refractivity contribution in [2.45, 2.75) is 18.6 Å². The van der Waals surface area contributed by atoms with Gasteiger partial charge in [0, 0.05) is 18.5 Å². The number of phenols is 1. The summed E-state index contributed by atoms with van der Waals surface area (Å²) in [6.07, 6.45) is -0.821. The highest BCUT2D eigenvalue weighted by atomic mass is 79.9. The van der Waals surface area contributed by atoms with Gasteiger partial charge in [-0.15, -0.1) is 0 Å². The second kappa shape index (κ2) is 5.18. The molecule has 0 unspecified atom stereocenters. The van der Waals surface area contributed by atoms with Crippen LogP contribution >= 0.6 is 15.9 Å². The predicted octanol–water partition coefficient (Wildman–Crippen LogP) is 0.815. The van der Waals surface area contributed by atoms with Crippen molar-refractivity contribution in [2.75, 3.05) is 6.54 Å². The van der Waals surface area contributed by atoms with Crippen LogP contribution in [0, 0.1) is 0 Å². The molecule has 1 aliphatic heterocycles. The van der Waals surface area contributed by atoms with Crippen molar-refractivity contribution in [3.05, 3.63) is 28.2 Å². The summed E-state index contributed by atoms with van der Waals surface area (Å²) in [5.41, 5.74) is 0.182. The molecule has 1 aromatic carbocycles. The lowest BCUT2D eigenvalue weighted by atomic mass is 10.1.